The van der Waals surface area contributed by atoms with Crippen LogP contribution in [0, 0.1) is 18.6 Å². The maximum absolute atomic E-state index is 14.4. The molecule has 1 aliphatic carbocycles. The average Bonchev–Trinajstić information content (AvgIpc) is 2.93. The Labute approximate surface area is 128 Å². The molecule has 0 bridgehead atoms. The first-order valence-electron chi connectivity index (χ1n) is 7.32. The van der Waals surface area contributed by atoms with Crippen LogP contribution in [0.5, 0.6) is 0 Å². The highest BCUT2D eigenvalue weighted by molar-refractivity contribution is 5.87. The minimum absolute atomic E-state index is 0.274. The fourth-order valence-corrected chi connectivity index (χ4v) is 3.39. The molecule has 0 saturated heterocycles. The van der Waals surface area contributed by atoms with Crippen LogP contribution in [0.15, 0.2) is 54.6 Å². The van der Waals surface area contributed by atoms with Gasteiger partial charge in [-0.3, -0.25) is 0 Å². The molecule has 108 valence electrons. The van der Waals surface area contributed by atoms with E-state index in [0.29, 0.717) is 17.5 Å². The summed E-state index contributed by atoms with van der Waals surface area (Å²) < 4.78 is 28.7. The number of benzene rings is 3. The largest absolute Gasteiger partial charge is 0.207 e. The summed E-state index contributed by atoms with van der Waals surface area (Å²) in [5.74, 6) is -0.558. The lowest BCUT2D eigenvalue weighted by atomic mass is 9.92. The first kappa shape index (κ1) is 13.2. The zero-order chi connectivity index (χ0) is 15.3. The number of hydrogen-bond donors (Lipinski definition) is 0. The minimum Gasteiger partial charge on any atom is -0.207 e. The second kappa shape index (κ2) is 4.77. The van der Waals surface area contributed by atoms with Gasteiger partial charge in [-0.2, -0.15) is 0 Å². The van der Waals surface area contributed by atoms with E-state index < -0.39 is 0 Å². The second-order valence-corrected chi connectivity index (χ2v) is 5.70. The molecule has 0 nitrogen and oxygen atoms in total. The number of hydrogen-bond acceptors (Lipinski definition) is 0. The highest BCUT2D eigenvalue weighted by Crippen LogP contribution is 2.45. The Hall–Kier alpha value is -2.48. The minimum atomic E-state index is -0.284. The van der Waals surface area contributed by atoms with Crippen molar-refractivity contribution in [2.45, 2.75) is 13.3 Å². The van der Waals surface area contributed by atoms with E-state index in [1.165, 1.54) is 6.07 Å². The molecule has 1 aliphatic rings. The highest BCUT2D eigenvalue weighted by Gasteiger charge is 2.27. The van der Waals surface area contributed by atoms with Crippen LogP contribution in [-0.4, -0.2) is 0 Å². The van der Waals surface area contributed by atoms with Crippen LogP contribution in [0.3, 0.4) is 0 Å². The molecule has 3 aromatic carbocycles. The molecule has 0 heterocycles. The standard InChI is InChI=1S/C20H14F2/c1-12-18(22)11-15(13-6-3-2-4-7-13)16-10-14-8-5-9-17(21)20(14)19(12)16/h2-9,11H,10H2,1H3. The Morgan fingerprint density at radius 1 is 0.818 bits per heavy atom. The van der Waals surface area contributed by atoms with Gasteiger partial charge in [0.2, 0.25) is 0 Å². The van der Waals surface area contributed by atoms with Crippen LogP contribution in [0.1, 0.15) is 16.7 Å². The van der Waals surface area contributed by atoms with Crippen LogP contribution in [0.2, 0.25) is 0 Å². The SMILES string of the molecule is Cc1c(F)cc(-c2ccccc2)c2c1-c1c(F)cccc1C2. The van der Waals surface area contributed by atoms with E-state index in [1.54, 1.807) is 19.1 Å². The van der Waals surface area contributed by atoms with Gasteiger partial charge in [-0.25, -0.2) is 8.78 Å². The van der Waals surface area contributed by atoms with Crippen LogP contribution in [0.4, 0.5) is 8.78 Å². The van der Waals surface area contributed by atoms with Crippen molar-refractivity contribution in [2.24, 2.45) is 0 Å². The van der Waals surface area contributed by atoms with Crippen molar-refractivity contribution in [2.75, 3.05) is 0 Å². The molecule has 0 fully saturated rings. The van der Waals surface area contributed by atoms with Crippen molar-refractivity contribution in [3.63, 3.8) is 0 Å². The van der Waals surface area contributed by atoms with Crippen LogP contribution in [-0.2, 0) is 6.42 Å². The predicted octanol–water partition coefficient (Wildman–Crippen LogP) is 5.51. The van der Waals surface area contributed by atoms with Gasteiger partial charge in [0.15, 0.2) is 0 Å². The summed E-state index contributed by atoms with van der Waals surface area (Å²) in [6.45, 7) is 1.73. The highest BCUT2D eigenvalue weighted by atomic mass is 19.1. The fraction of sp³-hybridized carbons (Fsp3) is 0.100. The van der Waals surface area contributed by atoms with Crippen LogP contribution in [0.25, 0.3) is 22.3 Å². The monoisotopic (exact) mass is 292 g/mol. The first-order chi connectivity index (χ1) is 10.7. The summed E-state index contributed by atoms with van der Waals surface area (Å²) in [6.07, 6.45) is 0.647. The summed E-state index contributed by atoms with van der Waals surface area (Å²) in [7, 11) is 0. The van der Waals surface area contributed by atoms with Gasteiger partial charge in [-0.15, -0.1) is 0 Å². The third-order valence-electron chi connectivity index (χ3n) is 4.43. The fourth-order valence-electron chi connectivity index (χ4n) is 3.39. The molecular formula is C20H14F2. The van der Waals surface area contributed by atoms with Gasteiger partial charge in [0.05, 0.1) is 0 Å². The van der Waals surface area contributed by atoms with Gasteiger partial charge >= 0.3 is 0 Å². The molecule has 2 heteroatoms. The normalized spacial score (nSPS) is 12.1. The summed E-state index contributed by atoms with van der Waals surface area (Å²) in [4.78, 5) is 0. The summed E-state index contributed by atoms with van der Waals surface area (Å²) in [6, 6.07) is 16.4. The van der Waals surface area contributed by atoms with E-state index in [4.69, 9.17) is 0 Å². The Balaban J connectivity index is 2.06. The van der Waals surface area contributed by atoms with Crippen LogP contribution >= 0.6 is 0 Å². The number of halogens is 2. The Kier molecular flexibility index (Phi) is 2.86. The molecule has 0 atom stereocenters. The molecule has 0 radical (unpaired) electrons. The zero-order valence-electron chi connectivity index (χ0n) is 12.2. The Morgan fingerprint density at radius 2 is 1.59 bits per heavy atom. The molecular weight excluding hydrogens is 278 g/mol. The molecule has 0 spiro atoms. The van der Waals surface area contributed by atoms with Gasteiger partial charge in [0.1, 0.15) is 11.6 Å². The third kappa shape index (κ3) is 1.80. The van der Waals surface area contributed by atoms with Crippen molar-refractivity contribution < 1.29 is 8.78 Å². The molecule has 3 aromatic rings. The molecule has 0 unspecified atom stereocenters. The summed E-state index contributed by atoms with van der Waals surface area (Å²) in [5, 5.41) is 0. The topological polar surface area (TPSA) is 0 Å². The first-order valence-corrected chi connectivity index (χ1v) is 7.32. The smallest absolute Gasteiger partial charge is 0.131 e. The van der Waals surface area contributed by atoms with E-state index in [-0.39, 0.29) is 11.6 Å². The quantitative estimate of drug-likeness (QED) is 0.434. The molecule has 0 saturated carbocycles. The van der Waals surface area contributed by atoms with Gasteiger partial charge in [0, 0.05) is 5.56 Å². The molecule has 0 aromatic heterocycles. The zero-order valence-corrected chi connectivity index (χ0v) is 12.2. The van der Waals surface area contributed by atoms with E-state index in [1.807, 2.05) is 36.4 Å². The molecule has 22 heavy (non-hydrogen) atoms. The maximum atomic E-state index is 14.4. The molecule has 0 amide bonds. The third-order valence-corrected chi connectivity index (χ3v) is 4.43. The van der Waals surface area contributed by atoms with E-state index in [0.717, 1.165) is 27.8 Å². The van der Waals surface area contributed by atoms with E-state index in [9.17, 15) is 8.78 Å². The second-order valence-electron chi connectivity index (χ2n) is 5.70. The summed E-state index contributed by atoms with van der Waals surface area (Å²) >= 11 is 0. The maximum Gasteiger partial charge on any atom is 0.131 e. The average molecular weight is 292 g/mol. The van der Waals surface area contributed by atoms with Gasteiger partial charge in [0.25, 0.3) is 0 Å². The lowest BCUT2D eigenvalue weighted by molar-refractivity contribution is 0.617. The van der Waals surface area contributed by atoms with Crippen molar-refractivity contribution >= 4 is 0 Å². The van der Waals surface area contributed by atoms with Crippen LogP contribution < -0.4 is 0 Å². The molecule has 4 rings (SSSR count). The van der Waals surface area contributed by atoms with Crippen molar-refractivity contribution in [1.82, 2.24) is 0 Å². The number of fused-ring (bicyclic) bond motifs is 3. The Morgan fingerprint density at radius 3 is 2.36 bits per heavy atom. The molecule has 0 aliphatic heterocycles. The van der Waals surface area contributed by atoms with E-state index >= 15 is 0 Å². The molecule has 0 N–H and O–H groups in total. The predicted molar refractivity (Wildman–Crippen MR) is 84.8 cm³/mol. The van der Waals surface area contributed by atoms with Crippen molar-refractivity contribution in [3.8, 4) is 22.3 Å². The van der Waals surface area contributed by atoms with Gasteiger partial charge in [-0.1, -0.05) is 42.5 Å². The van der Waals surface area contributed by atoms with Crippen molar-refractivity contribution in [1.29, 1.82) is 0 Å². The van der Waals surface area contributed by atoms with Gasteiger partial charge < -0.3 is 0 Å². The van der Waals surface area contributed by atoms with Crippen molar-refractivity contribution in [3.05, 3.63) is 82.9 Å². The lowest BCUT2D eigenvalue weighted by Crippen LogP contribution is -1.95. The lowest BCUT2D eigenvalue weighted by Gasteiger charge is -2.13. The van der Waals surface area contributed by atoms with E-state index in [2.05, 4.69) is 0 Å². The van der Waals surface area contributed by atoms with Gasteiger partial charge in [-0.05, 0) is 58.9 Å². The summed E-state index contributed by atoms with van der Waals surface area (Å²) in [5.41, 5.74) is 5.59. The number of rotatable bonds is 1. The Bertz CT molecular complexity index is 880.